The van der Waals surface area contributed by atoms with E-state index in [1.165, 1.54) is 4.88 Å². The molecule has 1 aromatic heterocycles. The van der Waals surface area contributed by atoms with E-state index in [0.29, 0.717) is 6.10 Å². The zero-order valence-electron chi connectivity index (χ0n) is 9.75. The van der Waals surface area contributed by atoms with Crippen LogP contribution in [0.3, 0.4) is 0 Å². The molecule has 90 valence electrons. The second kappa shape index (κ2) is 5.05. The number of rotatable bonds is 4. The molecule has 2 heterocycles. The van der Waals surface area contributed by atoms with E-state index in [0.717, 1.165) is 30.3 Å². The highest BCUT2D eigenvalue weighted by Gasteiger charge is 2.30. The van der Waals surface area contributed by atoms with Crippen molar-refractivity contribution in [2.45, 2.75) is 44.9 Å². The van der Waals surface area contributed by atoms with Crippen LogP contribution in [0.15, 0.2) is 12.1 Å². The molecule has 1 aliphatic heterocycles. The van der Waals surface area contributed by atoms with E-state index in [4.69, 9.17) is 16.3 Å². The lowest BCUT2D eigenvalue weighted by atomic mass is 10.1. The van der Waals surface area contributed by atoms with Crippen LogP contribution in [-0.2, 0) is 11.3 Å². The third-order valence-electron chi connectivity index (χ3n) is 2.85. The van der Waals surface area contributed by atoms with Crippen LogP contribution in [0.25, 0.3) is 0 Å². The van der Waals surface area contributed by atoms with Gasteiger partial charge in [-0.05, 0) is 38.8 Å². The molecule has 1 unspecified atom stereocenters. The largest absolute Gasteiger partial charge is 0.371 e. The Bertz CT molecular complexity index is 351. The topological polar surface area (TPSA) is 21.3 Å². The van der Waals surface area contributed by atoms with E-state index in [2.05, 4.69) is 25.2 Å². The average molecular weight is 260 g/mol. The lowest BCUT2D eigenvalue weighted by Gasteiger charge is -2.19. The van der Waals surface area contributed by atoms with Gasteiger partial charge in [0.05, 0.1) is 16.0 Å². The van der Waals surface area contributed by atoms with Crippen LogP contribution in [0, 0.1) is 0 Å². The average Bonchev–Trinajstić information content (AvgIpc) is 2.73. The second-order valence-electron chi connectivity index (χ2n) is 4.87. The van der Waals surface area contributed by atoms with Crippen molar-refractivity contribution < 1.29 is 4.74 Å². The summed E-state index contributed by atoms with van der Waals surface area (Å²) in [5, 5.41) is 3.42. The molecule has 0 aromatic carbocycles. The number of nitrogens with one attached hydrogen (secondary N) is 1. The highest BCUT2D eigenvalue weighted by Crippen LogP contribution is 2.29. The van der Waals surface area contributed by atoms with Crippen LogP contribution in [0.2, 0.25) is 4.34 Å². The van der Waals surface area contributed by atoms with Gasteiger partial charge in [0, 0.05) is 18.0 Å². The first-order chi connectivity index (χ1) is 7.55. The fraction of sp³-hybridized carbons (Fsp3) is 0.667. The first-order valence-corrected chi connectivity index (χ1v) is 6.87. The maximum atomic E-state index is 5.91. The minimum absolute atomic E-state index is 0.0680. The molecule has 16 heavy (non-hydrogen) atoms. The van der Waals surface area contributed by atoms with Gasteiger partial charge in [-0.25, -0.2) is 0 Å². The molecular weight excluding hydrogens is 242 g/mol. The normalized spacial score (nSPS) is 23.8. The maximum absolute atomic E-state index is 5.91. The number of hydrogen-bond donors (Lipinski definition) is 1. The van der Waals surface area contributed by atoms with Crippen molar-refractivity contribution in [2.75, 3.05) is 6.54 Å². The highest BCUT2D eigenvalue weighted by molar-refractivity contribution is 7.16. The van der Waals surface area contributed by atoms with Crippen LogP contribution in [0.5, 0.6) is 0 Å². The second-order valence-corrected chi connectivity index (χ2v) is 6.67. The lowest BCUT2D eigenvalue weighted by Crippen LogP contribution is -2.28. The first-order valence-electron chi connectivity index (χ1n) is 5.68. The molecule has 0 saturated carbocycles. The molecule has 2 nitrogen and oxygen atoms in total. The molecule has 1 aromatic rings. The molecule has 1 aliphatic rings. The zero-order chi connectivity index (χ0) is 11.6. The molecule has 0 aliphatic carbocycles. The summed E-state index contributed by atoms with van der Waals surface area (Å²) in [6, 6.07) is 4.01. The van der Waals surface area contributed by atoms with Crippen LogP contribution in [-0.4, -0.2) is 18.2 Å². The van der Waals surface area contributed by atoms with Crippen molar-refractivity contribution in [3.8, 4) is 0 Å². The summed E-state index contributed by atoms with van der Waals surface area (Å²) in [7, 11) is 0. The fourth-order valence-corrected chi connectivity index (χ4v) is 3.08. The first kappa shape index (κ1) is 12.4. The van der Waals surface area contributed by atoms with Crippen LogP contribution in [0.1, 0.15) is 31.6 Å². The van der Waals surface area contributed by atoms with Gasteiger partial charge in [-0.2, -0.15) is 0 Å². The summed E-state index contributed by atoms with van der Waals surface area (Å²) < 4.78 is 6.76. The lowest BCUT2D eigenvalue weighted by molar-refractivity contribution is -0.0142. The number of ether oxygens (including phenoxy) is 1. The predicted molar refractivity (Wildman–Crippen MR) is 69.2 cm³/mol. The quantitative estimate of drug-likeness (QED) is 0.894. The number of thiophene rings is 1. The van der Waals surface area contributed by atoms with Crippen molar-refractivity contribution >= 4 is 22.9 Å². The fourth-order valence-electron chi connectivity index (χ4n) is 2.02. The number of hydrogen-bond acceptors (Lipinski definition) is 3. The minimum Gasteiger partial charge on any atom is -0.371 e. The zero-order valence-corrected chi connectivity index (χ0v) is 11.3. The molecule has 0 spiro atoms. The molecule has 1 fully saturated rings. The van der Waals surface area contributed by atoms with Crippen LogP contribution < -0.4 is 5.32 Å². The predicted octanol–water partition coefficient (Wildman–Crippen LogP) is 3.45. The Hall–Kier alpha value is -0.0900. The van der Waals surface area contributed by atoms with Gasteiger partial charge in [0.25, 0.3) is 0 Å². The van der Waals surface area contributed by atoms with Gasteiger partial charge < -0.3 is 10.1 Å². The van der Waals surface area contributed by atoms with Crippen molar-refractivity contribution in [1.82, 2.24) is 5.32 Å². The summed E-state index contributed by atoms with van der Waals surface area (Å²) in [5.74, 6) is 0. The standard InChI is InChI=1S/C12H18ClNOS/c1-12(2)6-5-9(15-12)7-14-8-10-3-4-11(13)16-10/h3-4,9,14H,5-8H2,1-2H3. The Balaban J connectivity index is 1.69. The Morgan fingerprint density at radius 2 is 2.38 bits per heavy atom. The Kier molecular flexibility index (Phi) is 3.90. The Labute approximate surface area is 106 Å². The van der Waals surface area contributed by atoms with Crippen molar-refractivity contribution in [3.05, 3.63) is 21.3 Å². The highest BCUT2D eigenvalue weighted by atomic mass is 35.5. The SMILES string of the molecule is CC1(C)CCC(CNCc2ccc(Cl)s2)O1. The van der Waals surface area contributed by atoms with Gasteiger partial charge >= 0.3 is 0 Å². The third kappa shape index (κ3) is 3.45. The van der Waals surface area contributed by atoms with Gasteiger partial charge in [0.15, 0.2) is 0 Å². The minimum atomic E-state index is 0.0680. The summed E-state index contributed by atoms with van der Waals surface area (Å²) in [5.41, 5.74) is 0.0680. The molecule has 1 saturated heterocycles. The Morgan fingerprint density at radius 3 is 2.94 bits per heavy atom. The molecule has 1 N–H and O–H groups in total. The summed E-state index contributed by atoms with van der Waals surface area (Å²) in [6.45, 7) is 6.13. The van der Waals surface area contributed by atoms with Crippen LogP contribution in [0.4, 0.5) is 0 Å². The smallest absolute Gasteiger partial charge is 0.0931 e. The van der Waals surface area contributed by atoms with Crippen LogP contribution >= 0.6 is 22.9 Å². The van der Waals surface area contributed by atoms with E-state index >= 15 is 0 Å². The molecule has 4 heteroatoms. The summed E-state index contributed by atoms with van der Waals surface area (Å²) in [6.07, 6.45) is 2.68. The van der Waals surface area contributed by atoms with E-state index < -0.39 is 0 Å². The van der Waals surface area contributed by atoms with Gasteiger partial charge in [0.2, 0.25) is 0 Å². The molecule has 0 amide bonds. The van der Waals surface area contributed by atoms with Crippen molar-refractivity contribution in [1.29, 1.82) is 0 Å². The maximum Gasteiger partial charge on any atom is 0.0931 e. The summed E-state index contributed by atoms with van der Waals surface area (Å²) >= 11 is 7.50. The van der Waals surface area contributed by atoms with Gasteiger partial charge in [-0.1, -0.05) is 11.6 Å². The van der Waals surface area contributed by atoms with E-state index in [1.54, 1.807) is 11.3 Å². The van der Waals surface area contributed by atoms with Gasteiger partial charge in [0.1, 0.15) is 0 Å². The van der Waals surface area contributed by atoms with Gasteiger partial charge in [-0.3, -0.25) is 0 Å². The summed E-state index contributed by atoms with van der Waals surface area (Å²) in [4.78, 5) is 1.28. The van der Waals surface area contributed by atoms with Gasteiger partial charge in [-0.15, -0.1) is 11.3 Å². The van der Waals surface area contributed by atoms with E-state index in [9.17, 15) is 0 Å². The number of halogens is 1. The van der Waals surface area contributed by atoms with Crippen molar-refractivity contribution in [3.63, 3.8) is 0 Å². The van der Waals surface area contributed by atoms with E-state index in [1.807, 2.05) is 6.07 Å². The molecule has 1 atom stereocenters. The molecular formula is C12H18ClNOS. The monoisotopic (exact) mass is 259 g/mol. The molecule has 0 bridgehead atoms. The van der Waals surface area contributed by atoms with Crippen molar-refractivity contribution in [2.24, 2.45) is 0 Å². The molecule has 0 radical (unpaired) electrons. The Morgan fingerprint density at radius 1 is 1.56 bits per heavy atom. The molecule has 2 rings (SSSR count). The third-order valence-corrected chi connectivity index (χ3v) is 4.09. The van der Waals surface area contributed by atoms with E-state index in [-0.39, 0.29) is 5.60 Å².